The van der Waals surface area contributed by atoms with Crippen LogP contribution in [0.4, 0.5) is 10.1 Å². The van der Waals surface area contributed by atoms with Gasteiger partial charge in [-0.25, -0.2) is 4.39 Å². The Morgan fingerprint density at radius 2 is 1.63 bits per heavy atom. The van der Waals surface area contributed by atoms with Crippen molar-refractivity contribution in [1.29, 1.82) is 0 Å². The number of benzene rings is 2. The van der Waals surface area contributed by atoms with E-state index >= 15 is 4.39 Å². The number of hydrogen-bond acceptors (Lipinski definition) is 8. The number of nitrogens with zero attached hydrogens (tertiary/aromatic N) is 3. The SMILES string of the molecule is O=C1CC(N2C(=O)c3cccc(NCc4ccc(CN5CCC(N6CCOCC6)CC5)cc4F)c3C2=O)CC(=O)N1. The summed E-state index contributed by atoms with van der Waals surface area (Å²) in [7, 11) is 0. The van der Waals surface area contributed by atoms with E-state index in [2.05, 4.69) is 20.4 Å². The second kappa shape index (κ2) is 11.7. The molecule has 0 radical (unpaired) electrons. The van der Waals surface area contributed by atoms with Crippen molar-refractivity contribution in [3.63, 3.8) is 0 Å². The molecule has 2 N–H and O–H groups in total. The molecule has 10 nitrogen and oxygen atoms in total. The molecule has 3 saturated heterocycles. The van der Waals surface area contributed by atoms with Gasteiger partial charge in [0.1, 0.15) is 5.82 Å². The standard InChI is InChI=1S/C30H34FN5O5/c31-24-14-19(18-34-8-6-21(7-9-34)35-10-12-41-13-11-35)4-5-20(24)17-32-25-3-1-2-23-28(25)30(40)36(29(23)39)22-15-26(37)33-27(38)16-22/h1-5,14,21-22,32H,6-13,15-18H2,(H,33,37,38). The second-order valence-corrected chi connectivity index (χ2v) is 11.2. The number of fused-ring (bicyclic) bond motifs is 1. The van der Waals surface area contributed by atoms with Gasteiger partial charge < -0.3 is 10.1 Å². The molecule has 216 valence electrons. The summed E-state index contributed by atoms with van der Waals surface area (Å²) < 4.78 is 20.6. The molecule has 0 atom stereocenters. The number of imide groups is 2. The first-order valence-corrected chi connectivity index (χ1v) is 14.3. The number of morpholine rings is 1. The maximum atomic E-state index is 15.1. The number of hydrogen-bond donors (Lipinski definition) is 2. The molecule has 0 aliphatic carbocycles. The number of likely N-dealkylation sites (tertiary alicyclic amines) is 1. The number of carbonyl (C=O) groups is 4. The maximum absolute atomic E-state index is 15.1. The minimum absolute atomic E-state index is 0.122. The third-order valence-electron chi connectivity index (χ3n) is 8.54. The van der Waals surface area contributed by atoms with Crippen LogP contribution in [0, 0.1) is 5.82 Å². The summed E-state index contributed by atoms with van der Waals surface area (Å²) in [6, 6.07) is 9.89. The molecule has 41 heavy (non-hydrogen) atoms. The van der Waals surface area contributed by atoms with E-state index in [1.807, 2.05) is 6.07 Å². The number of nitrogens with one attached hydrogen (secondary N) is 2. The fourth-order valence-corrected chi connectivity index (χ4v) is 6.39. The summed E-state index contributed by atoms with van der Waals surface area (Å²) in [5.41, 5.74) is 2.14. The lowest BCUT2D eigenvalue weighted by molar-refractivity contribution is -0.134. The van der Waals surface area contributed by atoms with Crippen molar-refractivity contribution in [2.45, 2.75) is 50.9 Å². The van der Waals surface area contributed by atoms with Crippen LogP contribution >= 0.6 is 0 Å². The van der Waals surface area contributed by atoms with E-state index < -0.39 is 29.7 Å². The van der Waals surface area contributed by atoms with Gasteiger partial charge in [0.25, 0.3) is 11.8 Å². The van der Waals surface area contributed by atoms with E-state index in [0.29, 0.717) is 23.8 Å². The number of halogens is 1. The minimum Gasteiger partial charge on any atom is -0.380 e. The van der Waals surface area contributed by atoms with Crippen molar-refractivity contribution in [3.8, 4) is 0 Å². The summed E-state index contributed by atoms with van der Waals surface area (Å²) in [6.45, 7) is 6.40. The van der Waals surface area contributed by atoms with E-state index in [0.717, 1.165) is 62.7 Å². The summed E-state index contributed by atoms with van der Waals surface area (Å²) in [6.07, 6.45) is 1.97. The van der Waals surface area contributed by atoms with E-state index in [-0.39, 0.29) is 36.3 Å². The summed E-state index contributed by atoms with van der Waals surface area (Å²) in [5.74, 6) is -2.46. The summed E-state index contributed by atoms with van der Waals surface area (Å²) in [4.78, 5) is 56.0. The van der Waals surface area contributed by atoms with Crippen LogP contribution in [0.1, 0.15) is 57.5 Å². The smallest absolute Gasteiger partial charge is 0.263 e. The molecule has 4 aliphatic heterocycles. The van der Waals surface area contributed by atoms with Crippen LogP contribution in [0.25, 0.3) is 0 Å². The first kappa shape index (κ1) is 27.5. The lowest BCUT2D eigenvalue weighted by Crippen LogP contribution is -2.50. The van der Waals surface area contributed by atoms with E-state index in [1.165, 1.54) is 0 Å². The Hall–Kier alpha value is -3.67. The van der Waals surface area contributed by atoms with E-state index in [4.69, 9.17) is 4.74 Å². The van der Waals surface area contributed by atoms with Crippen LogP contribution in [0.3, 0.4) is 0 Å². The molecular formula is C30H34FN5O5. The zero-order chi connectivity index (χ0) is 28.5. The van der Waals surface area contributed by atoms with Gasteiger partial charge in [-0.05, 0) is 49.7 Å². The third kappa shape index (κ3) is 5.74. The highest BCUT2D eigenvalue weighted by molar-refractivity contribution is 6.24. The van der Waals surface area contributed by atoms with Gasteiger partial charge in [-0.3, -0.25) is 39.2 Å². The van der Waals surface area contributed by atoms with Gasteiger partial charge in [0.2, 0.25) is 11.8 Å². The van der Waals surface area contributed by atoms with Crippen LogP contribution in [-0.4, -0.2) is 89.8 Å². The molecule has 2 aromatic carbocycles. The normalized spacial score (nSPS) is 21.3. The zero-order valence-corrected chi connectivity index (χ0v) is 22.9. The molecule has 4 heterocycles. The first-order valence-electron chi connectivity index (χ1n) is 14.3. The highest BCUT2D eigenvalue weighted by Crippen LogP contribution is 2.33. The predicted octanol–water partition coefficient (Wildman–Crippen LogP) is 2.14. The number of ether oxygens (including phenoxy) is 1. The Kier molecular flexibility index (Phi) is 7.83. The number of carbonyl (C=O) groups excluding carboxylic acids is 4. The Morgan fingerprint density at radius 3 is 2.34 bits per heavy atom. The van der Waals surface area contributed by atoms with Crippen LogP contribution in [0.2, 0.25) is 0 Å². The zero-order valence-electron chi connectivity index (χ0n) is 22.9. The Labute approximate surface area is 237 Å². The van der Waals surface area contributed by atoms with Crippen molar-refractivity contribution in [3.05, 3.63) is 64.5 Å². The average Bonchev–Trinajstić information content (AvgIpc) is 3.23. The quantitative estimate of drug-likeness (QED) is 0.493. The monoisotopic (exact) mass is 563 g/mol. The summed E-state index contributed by atoms with van der Waals surface area (Å²) in [5, 5.41) is 5.32. The van der Waals surface area contributed by atoms with E-state index in [1.54, 1.807) is 30.3 Å². The average molecular weight is 564 g/mol. The second-order valence-electron chi connectivity index (χ2n) is 11.2. The van der Waals surface area contributed by atoms with Crippen LogP contribution in [0.15, 0.2) is 36.4 Å². The van der Waals surface area contributed by atoms with Gasteiger partial charge in [-0.2, -0.15) is 0 Å². The molecule has 0 saturated carbocycles. The largest absolute Gasteiger partial charge is 0.380 e. The molecule has 4 amide bonds. The number of rotatable bonds is 7. The summed E-state index contributed by atoms with van der Waals surface area (Å²) >= 11 is 0. The van der Waals surface area contributed by atoms with Gasteiger partial charge in [0, 0.05) is 56.3 Å². The fraction of sp³-hybridized carbons (Fsp3) is 0.467. The number of anilines is 1. The first-order chi connectivity index (χ1) is 19.9. The molecule has 0 unspecified atom stereocenters. The topological polar surface area (TPSA) is 111 Å². The Bertz CT molecular complexity index is 1350. The Balaban J connectivity index is 1.07. The molecular weight excluding hydrogens is 529 g/mol. The van der Waals surface area contributed by atoms with Crippen LogP contribution < -0.4 is 10.6 Å². The molecule has 0 bridgehead atoms. The lowest BCUT2D eigenvalue weighted by atomic mass is 10.0. The van der Waals surface area contributed by atoms with Gasteiger partial charge in [0.05, 0.1) is 30.4 Å². The maximum Gasteiger partial charge on any atom is 0.263 e. The molecule has 0 spiro atoms. The molecule has 3 fully saturated rings. The molecule has 0 aromatic heterocycles. The van der Waals surface area contributed by atoms with Gasteiger partial charge in [-0.15, -0.1) is 0 Å². The molecule has 4 aliphatic rings. The predicted molar refractivity (Wildman–Crippen MR) is 148 cm³/mol. The van der Waals surface area contributed by atoms with Gasteiger partial charge >= 0.3 is 0 Å². The number of piperidine rings is 2. The van der Waals surface area contributed by atoms with Crippen molar-refractivity contribution >= 4 is 29.3 Å². The fourth-order valence-electron chi connectivity index (χ4n) is 6.39. The van der Waals surface area contributed by atoms with Crippen molar-refractivity contribution in [1.82, 2.24) is 20.0 Å². The van der Waals surface area contributed by atoms with Gasteiger partial charge in [-0.1, -0.05) is 18.2 Å². The van der Waals surface area contributed by atoms with Gasteiger partial charge in [0.15, 0.2) is 0 Å². The van der Waals surface area contributed by atoms with Crippen molar-refractivity contribution in [2.75, 3.05) is 44.7 Å². The highest BCUT2D eigenvalue weighted by atomic mass is 19.1. The van der Waals surface area contributed by atoms with E-state index in [9.17, 15) is 19.2 Å². The number of amides is 4. The lowest BCUT2D eigenvalue weighted by Gasteiger charge is -2.40. The highest BCUT2D eigenvalue weighted by Gasteiger charge is 2.44. The molecule has 2 aromatic rings. The van der Waals surface area contributed by atoms with Crippen LogP contribution in [0.5, 0.6) is 0 Å². The van der Waals surface area contributed by atoms with Crippen molar-refractivity contribution in [2.24, 2.45) is 0 Å². The van der Waals surface area contributed by atoms with Crippen LogP contribution in [-0.2, 0) is 27.4 Å². The third-order valence-corrected chi connectivity index (χ3v) is 8.54. The Morgan fingerprint density at radius 1 is 0.902 bits per heavy atom. The van der Waals surface area contributed by atoms with Crippen molar-refractivity contribution < 1.29 is 28.3 Å². The minimum atomic E-state index is -0.827. The molecule has 6 rings (SSSR count). The molecule has 11 heteroatoms.